The van der Waals surface area contributed by atoms with E-state index in [4.69, 9.17) is 9.84 Å². The average molecular weight is 267 g/mol. The zero-order chi connectivity index (χ0) is 13.5. The summed E-state index contributed by atoms with van der Waals surface area (Å²) >= 11 is 0. The van der Waals surface area contributed by atoms with Crippen molar-refractivity contribution in [3.05, 3.63) is 0 Å². The molecule has 0 aromatic rings. The van der Waals surface area contributed by atoms with Gasteiger partial charge in [0, 0.05) is 6.61 Å². The Morgan fingerprint density at radius 1 is 1.41 bits per heavy atom. The molecule has 102 valence electrons. The molecule has 6 nitrogen and oxygen atoms in total. The van der Waals surface area contributed by atoms with Crippen molar-refractivity contribution in [2.75, 3.05) is 19.0 Å². The van der Waals surface area contributed by atoms with Crippen LogP contribution in [0.3, 0.4) is 0 Å². The molecule has 1 unspecified atom stereocenters. The largest absolute Gasteiger partial charge is 0.480 e. The maximum atomic E-state index is 11.5. The Kier molecular flexibility index (Phi) is 7.33. The summed E-state index contributed by atoms with van der Waals surface area (Å²) in [5.41, 5.74) is 0. The summed E-state index contributed by atoms with van der Waals surface area (Å²) in [4.78, 5) is 10.9. The molecule has 0 aromatic heterocycles. The zero-order valence-corrected chi connectivity index (χ0v) is 11.3. The van der Waals surface area contributed by atoms with Crippen molar-refractivity contribution in [1.29, 1.82) is 0 Å². The van der Waals surface area contributed by atoms with Crippen LogP contribution in [-0.2, 0) is 19.6 Å². The topological polar surface area (TPSA) is 92.7 Å². The molecule has 0 aliphatic carbocycles. The fraction of sp³-hybridized carbons (Fsp3) is 0.900. The number of rotatable bonds is 9. The minimum atomic E-state index is -3.60. The van der Waals surface area contributed by atoms with Crippen LogP contribution in [-0.4, -0.2) is 44.5 Å². The SMILES string of the molecule is CCOCCS(=O)(=O)NC(CC(C)C)C(=O)O. The van der Waals surface area contributed by atoms with Crippen molar-refractivity contribution >= 4 is 16.0 Å². The smallest absolute Gasteiger partial charge is 0.321 e. The van der Waals surface area contributed by atoms with E-state index in [2.05, 4.69) is 4.72 Å². The summed E-state index contributed by atoms with van der Waals surface area (Å²) in [5.74, 6) is -1.27. The third-order valence-corrected chi connectivity index (χ3v) is 3.38. The fourth-order valence-corrected chi connectivity index (χ4v) is 2.35. The number of carboxylic acid groups (broad SMARTS) is 1. The number of ether oxygens (including phenoxy) is 1. The van der Waals surface area contributed by atoms with Gasteiger partial charge in [-0.3, -0.25) is 4.79 Å². The second kappa shape index (κ2) is 7.62. The van der Waals surface area contributed by atoms with Crippen molar-refractivity contribution in [2.24, 2.45) is 5.92 Å². The van der Waals surface area contributed by atoms with Gasteiger partial charge < -0.3 is 9.84 Å². The van der Waals surface area contributed by atoms with Gasteiger partial charge in [0.05, 0.1) is 12.4 Å². The number of hydrogen-bond donors (Lipinski definition) is 2. The van der Waals surface area contributed by atoms with Crippen LogP contribution >= 0.6 is 0 Å². The Bertz CT molecular complexity index is 326. The second-order valence-electron chi connectivity index (χ2n) is 4.15. The molecule has 1 atom stereocenters. The molecule has 0 aliphatic heterocycles. The van der Waals surface area contributed by atoms with E-state index < -0.39 is 22.0 Å². The number of nitrogens with one attached hydrogen (secondary N) is 1. The van der Waals surface area contributed by atoms with Crippen LogP contribution in [0.15, 0.2) is 0 Å². The highest BCUT2D eigenvalue weighted by Crippen LogP contribution is 2.06. The lowest BCUT2D eigenvalue weighted by atomic mass is 10.1. The molecule has 0 rings (SSSR count). The highest BCUT2D eigenvalue weighted by molar-refractivity contribution is 7.89. The summed E-state index contributed by atoms with van der Waals surface area (Å²) in [6.45, 7) is 5.94. The lowest BCUT2D eigenvalue weighted by molar-refractivity contribution is -0.139. The molecule has 0 aromatic carbocycles. The van der Waals surface area contributed by atoms with Gasteiger partial charge in [0.1, 0.15) is 6.04 Å². The highest BCUT2D eigenvalue weighted by atomic mass is 32.2. The number of hydrogen-bond acceptors (Lipinski definition) is 4. The van der Waals surface area contributed by atoms with E-state index in [9.17, 15) is 13.2 Å². The maximum absolute atomic E-state index is 11.5. The van der Waals surface area contributed by atoms with Gasteiger partial charge in [0.25, 0.3) is 0 Å². The Balaban J connectivity index is 4.37. The van der Waals surface area contributed by atoms with Crippen molar-refractivity contribution in [1.82, 2.24) is 4.72 Å². The highest BCUT2D eigenvalue weighted by Gasteiger charge is 2.24. The van der Waals surface area contributed by atoms with Crippen LogP contribution in [0.5, 0.6) is 0 Å². The lowest BCUT2D eigenvalue weighted by Gasteiger charge is -2.16. The first-order valence-electron chi connectivity index (χ1n) is 5.59. The first-order valence-corrected chi connectivity index (χ1v) is 7.24. The second-order valence-corrected chi connectivity index (χ2v) is 6.03. The molecule has 0 saturated heterocycles. The quantitative estimate of drug-likeness (QED) is 0.591. The number of aliphatic carboxylic acids is 1. The van der Waals surface area contributed by atoms with E-state index in [-0.39, 0.29) is 24.7 Å². The minimum absolute atomic E-state index is 0.0693. The summed E-state index contributed by atoms with van der Waals surface area (Å²) in [6, 6.07) is -1.07. The van der Waals surface area contributed by atoms with Gasteiger partial charge in [0.2, 0.25) is 10.0 Å². The molecular weight excluding hydrogens is 246 g/mol. The molecule has 17 heavy (non-hydrogen) atoms. The van der Waals surface area contributed by atoms with Crippen LogP contribution in [0.1, 0.15) is 27.2 Å². The zero-order valence-electron chi connectivity index (χ0n) is 10.5. The maximum Gasteiger partial charge on any atom is 0.321 e. The normalized spacial score (nSPS) is 13.9. The molecule has 0 fully saturated rings. The lowest BCUT2D eigenvalue weighted by Crippen LogP contribution is -2.43. The number of carboxylic acids is 1. The molecule has 0 bridgehead atoms. The standard InChI is InChI=1S/C10H21NO5S/c1-4-16-5-6-17(14,15)11-9(10(12)13)7-8(2)3/h8-9,11H,4-7H2,1-3H3,(H,12,13). The molecule has 0 heterocycles. The predicted octanol–water partition coefficient (Wildman–Crippen LogP) is 0.442. The van der Waals surface area contributed by atoms with E-state index in [0.717, 1.165) is 0 Å². The third-order valence-electron chi connectivity index (χ3n) is 2.03. The van der Waals surface area contributed by atoms with Gasteiger partial charge in [0.15, 0.2) is 0 Å². The first kappa shape index (κ1) is 16.3. The monoisotopic (exact) mass is 267 g/mol. The van der Waals surface area contributed by atoms with E-state index in [1.165, 1.54) is 0 Å². The molecular formula is C10H21NO5S. The van der Waals surface area contributed by atoms with Crippen LogP contribution in [0.25, 0.3) is 0 Å². The third kappa shape index (κ3) is 8.12. The molecule has 0 radical (unpaired) electrons. The molecule has 0 aliphatic rings. The summed E-state index contributed by atoms with van der Waals surface area (Å²) in [5, 5.41) is 8.90. The van der Waals surface area contributed by atoms with Gasteiger partial charge in [-0.25, -0.2) is 13.1 Å². The van der Waals surface area contributed by atoms with Crippen molar-refractivity contribution in [3.63, 3.8) is 0 Å². The number of sulfonamides is 1. The van der Waals surface area contributed by atoms with Crippen molar-refractivity contribution in [3.8, 4) is 0 Å². The van der Waals surface area contributed by atoms with E-state index >= 15 is 0 Å². The summed E-state index contributed by atoms with van der Waals surface area (Å²) < 4.78 is 30.2. The Hall–Kier alpha value is -0.660. The van der Waals surface area contributed by atoms with Crippen LogP contribution in [0, 0.1) is 5.92 Å². The predicted molar refractivity (Wildman–Crippen MR) is 64.3 cm³/mol. The first-order chi connectivity index (χ1) is 7.78. The Morgan fingerprint density at radius 2 is 2.00 bits per heavy atom. The number of carbonyl (C=O) groups is 1. The Morgan fingerprint density at radius 3 is 2.41 bits per heavy atom. The molecule has 7 heteroatoms. The fourth-order valence-electron chi connectivity index (χ4n) is 1.26. The molecule has 0 spiro atoms. The van der Waals surface area contributed by atoms with E-state index in [1.54, 1.807) is 6.92 Å². The Labute approximate surface area is 102 Å². The van der Waals surface area contributed by atoms with Gasteiger partial charge in [-0.05, 0) is 19.3 Å². The van der Waals surface area contributed by atoms with E-state index in [0.29, 0.717) is 6.61 Å². The van der Waals surface area contributed by atoms with Crippen molar-refractivity contribution in [2.45, 2.75) is 33.2 Å². The van der Waals surface area contributed by atoms with Gasteiger partial charge >= 0.3 is 5.97 Å². The summed E-state index contributed by atoms with van der Waals surface area (Å²) in [6.07, 6.45) is 0.267. The summed E-state index contributed by atoms with van der Waals surface area (Å²) in [7, 11) is -3.60. The minimum Gasteiger partial charge on any atom is -0.480 e. The van der Waals surface area contributed by atoms with E-state index in [1.807, 2.05) is 13.8 Å². The molecule has 0 saturated carbocycles. The van der Waals surface area contributed by atoms with Gasteiger partial charge in [-0.15, -0.1) is 0 Å². The molecule has 2 N–H and O–H groups in total. The van der Waals surface area contributed by atoms with Crippen LogP contribution in [0.4, 0.5) is 0 Å². The van der Waals surface area contributed by atoms with Gasteiger partial charge in [-0.1, -0.05) is 13.8 Å². The van der Waals surface area contributed by atoms with Gasteiger partial charge in [-0.2, -0.15) is 0 Å². The van der Waals surface area contributed by atoms with Crippen LogP contribution in [0.2, 0.25) is 0 Å². The molecule has 0 amide bonds. The van der Waals surface area contributed by atoms with Crippen molar-refractivity contribution < 1.29 is 23.1 Å². The average Bonchev–Trinajstić information content (AvgIpc) is 2.15. The van der Waals surface area contributed by atoms with Crippen LogP contribution < -0.4 is 4.72 Å².